The van der Waals surface area contributed by atoms with Crippen LogP contribution in [0.25, 0.3) is 0 Å². The maximum Gasteiger partial charge on any atom is 0.250 e. The molecule has 0 aliphatic carbocycles. The molecule has 2 bridgehead atoms. The molecule has 1 amide bonds. The molecule has 22 heavy (non-hydrogen) atoms. The number of carbonyl (C=O) groups excluding carboxylic acids is 1. The average molecular weight is 314 g/mol. The van der Waals surface area contributed by atoms with Crippen molar-refractivity contribution < 1.29 is 24.2 Å². The average Bonchev–Trinajstić information content (AvgIpc) is 2.67. The number of fused-ring (bicyclic) bond motifs is 2. The number of aliphatic hydroxyl groups excluding tert-OH is 1. The molecule has 4 N–H and O–H groups in total. The lowest BCUT2D eigenvalue weighted by Gasteiger charge is -2.40. The number of ether oxygens (including phenoxy) is 2. The highest BCUT2D eigenvalue weighted by atomic mass is 16.7. The van der Waals surface area contributed by atoms with Crippen molar-refractivity contribution in [2.45, 2.75) is 37.3 Å². The summed E-state index contributed by atoms with van der Waals surface area (Å²) in [6.45, 7) is 1.86. The molecule has 5 atom stereocenters. The van der Waals surface area contributed by atoms with E-state index in [1.54, 1.807) is 37.2 Å². The Balaban J connectivity index is 1.94. The van der Waals surface area contributed by atoms with Gasteiger partial charge < -0.3 is 24.8 Å². The number of hydroxylamine groups is 2. The molecule has 0 aromatic carbocycles. The highest BCUT2D eigenvalue weighted by molar-refractivity contribution is 5.93. The number of nitrogens with zero attached hydrogens (tertiary/aromatic N) is 2. The minimum Gasteiger partial charge on any atom is -0.393 e. The molecule has 3 heterocycles. The summed E-state index contributed by atoms with van der Waals surface area (Å²) in [5.74, 6) is -0.220. The van der Waals surface area contributed by atoms with Crippen molar-refractivity contribution in [3.63, 3.8) is 0 Å². The molecular formula is C13H22N4O5. The van der Waals surface area contributed by atoms with Gasteiger partial charge in [-0.15, -0.1) is 0 Å². The summed E-state index contributed by atoms with van der Waals surface area (Å²) in [5.41, 5.74) is 5.63. The number of methoxy groups -OCH3 is 1. The Labute approximate surface area is 128 Å². The van der Waals surface area contributed by atoms with Gasteiger partial charge in [-0.25, -0.2) is 0 Å². The van der Waals surface area contributed by atoms with Gasteiger partial charge in [0.25, 0.3) is 5.91 Å². The second kappa shape index (κ2) is 5.44. The van der Waals surface area contributed by atoms with Crippen LogP contribution in [0, 0.1) is 0 Å². The molecule has 0 aromatic rings. The Morgan fingerprint density at radius 2 is 2.36 bits per heavy atom. The van der Waals surface area contributed by atoms with Crippen molar-refractivity contribution in [3.05, 3.63) is 11.8 Å². The number of nitrogens with two attached hydrogens (primary N) is 1. The Morgan fingerprint density at radius 3 is 3.00 bits per heavy atom. The first kappa shape index (κ1) is 15.7. The van der Waals surface area contributed by atoms with Crippen LogP contribution in [0.5, 0.6) is 0 Å². The fraction of sp³-hybridized carbons (Fsp3) is 0.769. The lowest BCUT2D eigenvalue weighted by Crippen LogP contribution is -2.62. The van der Waals surface area contributed by atoms with E-state index in [1.165, 1.54) is 0 Å². The Hall–Kier alpha value is -1.23. The van der Waals surface area contributed by atoms with E-state index in [9.17, 15) is 9.90 Å². The first-order valence-electron chi connectivity index (χ1n) is 7.13. The number of aliphatic hydroxyl groups is 1. The molecule has 0 saturated carbocycles. The fourth-order valence-corrected chi connectivity index (χ4v) is 3.35. The van der Waals surface area contributed by atoms with E-state index in [2.05, 4.69) is 5.32 Å². The summed E-state index contributed by atoms with van der Waals surface area (Å²) in [7, 11) is 3.33. The number of hydrogen-bond acceptors (Lipinski definition) is 8. The van der Waals surface area contributed by atoms with Gasteiger partial charge in [-0.2, -0.15) is 5.06 Å². The van der Waals surface area contributed by atoms with Gasteiger partial charge in [-0.3, -0.25) is 15.4 Å². The number of hydrogen-bond donors (Lipinski definition) is 3. The third kappa shape index (κ3) is 2.21. The third-order valence-electron chi connectivity index (χ3n) is 4.36. The molecule has 0 aromatic heterocycles. The van der Waals surface area contributed by atoms with Crippen molar-refractivity contribution in [1.29, 1.82) is 0 Å². The van der Waals surface area contributed by atoms with Crippen LogP contribution in [0.3, 0.4) is 0 Å². The van der Waals surface area contributed by atoms with Crippen LogP contribution in [0.4, 0.5) is 0 Å². The van der Waals surface area contributed by atoms with Gasteiger partial charge in [0.2, 0.25) is 0 Å². The zero-order valence-corrected chi connectivity index (χ0v) is 12.9. The second-order valence-electron chi connectivity index (χ2n) is 5.92. The van der Waals surface area contributed by atoms with E-state index >= 15 is 0 Å². The SMILES string of the molecule is COC1C2ON(C)C[C@]1(CO)OC2N1C=C(C)C(=O)NC1N. The molecule has 0 spiro atoms. The molecule has 2 saturated heterocycles. The quantitative estimate of drug-likeness (QED) is 0.544. The third-order valence-corrected chi connectivity index (χ3v) is 4.36. The van der Waals surface area contributed by atoms with Crippen molar-refractivity contribution >= 4 is 5.91 Å². The Kier molecular flexibility index (Phi) is 3.87. The molecule has 9 nitrogen and oxygen atoms in total. The first-order chi connectivity index (χ1) is 10.4. The van der Waals surface area contributed by atoms with E-state index in [0.717, 1.165) is 0 Å². The summed E-state index contributed by atoms with van der Waals surface area (Å²) in [4.78, 5) is 19.2. The van der Waals surface area contributed by atoms with E-state index in [0.29, 0.717) is 12.1 Å². The zero-order valence-electron chi connectivity index (χ0n) is 12.9. The molecule has 3 rings (SSSR count). The summed E-state index contributed by atoms with van der Waals surface area (Å²) in [5, 5.41) is 14.1. The van der Waals surface area contributed by atoms with Gasteiger partial charge in [0.15, 0.2) is 18.6 Å². The molecule has 2 fully saturated rings. The Bertz CT molecular complexity index is 501. The van der Waals surface area contributed by atoms with Crippen LogP contribution in [0.15, 0.2) is 11.8 Å². The van der Waals surface area contributed by atoms with Crippen molar-refractivity contribution in [2.75, 3.05) is 27.3 Å². The molecule has 124 valence electrons. The molecule has 4 unspecified atom stereocenters. The predicted octanol–water partition coefficient (Wildman–Crippen LogP) is -2.09. The van der Waals surface area contributed by atoms with E-state index in [1.807, 2.05) is 0 Å². The molecule has 9 heteroatoms. The first-order valence-corrected chi connectivity index (χ1v) is 7.13. The number of rotatable bonds is 3. The van der Waals surface area contributed by atoms with Crippen molar-refractivity contribution in [2.24, 2.45) is 5.73 Å². The monoisotopic (exact) mass is 314 g/mol. The lowest BCUT2D eigenvalue weighted by atomic mass is 9.94. The lowest BCUT2D eigenvalue weighted by molar-refractivity contribution is -0.262. The van der Waals surface area contributed by atoms with Crippen molar-refractivity contribution in [1.82, 2.24) is 15.3 Å². The number of likely N-dealkylation sites (N-methyl/N-ethyl adjacent to an activating group) is 1. The summed E-state index contributed by atoms with van der Waals surface area (Å²) >= 11 is 0. The zero-order chi connectivity index (χ0) is 16.1. The van der Waals surface area contributed by atoms with Crippen molar-refractivity contribution in [3.8, 4) is 0 Å². The van der Waals surface area contributed by atoms with Gasteiger partial charge in [-0.05, 0) is 6.92 Å². The van der Waals surface area contributed by atoms with Crippen LogP contribution in [0.1, 0.15) is 6.92 Å². The van der Waals surface area contributed by atoms with E-state index in [-0.39, 0.29) is 12.5 Å². The minimum absolute atomic E-state index is 0.204. The van der Waals surface area contributed by atoms with Gasteiger partial charge in [0.05, 0.1) is 13.2 Å². The molecule has 0 radical (unpaired) electrons. The largest absolute Gasteiger partial charge is 0.393 e. The number of nitrogens with one attached hydrogen (secondary N) is 1. The standard InChI is InChI=1S/C13H22N4O5/c1-7-4-17(12(14)15-10(7)19)11-8-9(20-3)13(6-18,21-11)5-16(2)22-8/h4,8-9,11-12,18H,5-6,14H2,1-3H3,(H,15,19)/t8?,9?,11?,12?,13-/m1/s1. The molecule has 3 aliphatic rings. The summed E-state index contributed by atoms with van der Waals surface area (Å²) in [6, 6.07) is 0. The fourth-order valence-electron chi connectivity index (χ4n) is 3.35. The predicted molar refractivity (Wildman–Crippen MR) is 74.7 cm³/mol. The highest BCUT2D eigenvalue weighted by Crippen LogP contribution is 2.41. The van der Waals surface area contributed by atoms with Gasteiger partial charge in [-0.1, -0.05) is 0 Å². The van der Waals surface area contributed by atoms with Gasteiger partial charge in [0, 0.05) is 25.9 Å². The highest BCUT2D eigenvalue weighted by Gasteiger charge is 2.62. The topological polar surface area (TPSA) is 110 Å². The summed E-state index contributed by atoms with van der Waals surface area (Å²) in [6.07, 6.45) is -0.565. The number of carbonyl (C=O) groups is 1. The van der Waals surface area contributed by atoms with Gasteiger partial charge >= 0.3 is 0 Å². The maximum absolute atomic E-state index is 11.7. The van der Waals surface area contributed by atoms with Crippen LogP contribution in [-0.4, -0.2) is 78.6 Å². The molecular weight excluding hydrogens is 292 g/mol. The smallest absolute Gasteiger partial charge is 0.250 e. The Morgan fingerprint density at radius 1 is 1.64 bits per heavy atom. The van der Waals surface area contributed by atoms with E-state index < -0.39 is 30.3 Å². The van der Waals surface area contributed by atoms with Crippen LogP contribution in [0.2, 0.25) is 0 Å². The van der Waals surface area contributed by atoms with E-state index in [4.69, 9.17) is 20.0 Å². The maximum atomic E-state index is 11.7. The number of amides is 1. The minimum atomic E-state index is -0.889. The second-order valence-corrected chi connectivity index (χ2v) is 5.92. The molecule has 3 aliphatic heterocycles. The summed E-state index contributed by atoms with van der Waals surface area (Å²) < 4.78 is 11.6. The van der Waals surface area contributed by atoms with Gasteiger partial charge in [0.1, 0.15) is 11.7 Å². The van der Waals surface area contributed by atoms with Crippen LogP contribution >= 0.6 is 0 Å². The van der Waals surface area contributed by atoms with Crippen LogP contribution < -0.4 is 11.1 Å². The van der Waals surface area contributed by atoms with Crippen LogP contribution in [-0.2, 0) is 19.1 Å². The normalized spacial score (nSPS) is 42.3.